The number of halogens is 2. The van der Waals surface area contributed by atoms with Crippen molar-refractivity contribution in [3.05, 3.63) is 119 Å². The first-order chi connectivity index (χ1) is 22.9. The molecule has 234 valence electrons. The largest absolute Gasteiger partial charge is 0.271 e. The average molecular weight is 631 g/mol. The van der Waals surface area contributed by atoms with Crippen molar-refractivity contribution in [2.75, 3.05) is 11.4 Å². The number of anilines is 1. The normalized spacial score (nSPS) is 24.3. The van der Waals surface area contributed by atoms with Crippen LogP contribution in [0.1, 0.15) is 36.4 Å². The lowest BCUT2D eigenvalue weighted by Gasteiger charge is -2.30. The van der Waals surface area contributed by atoms with E-state index in [0.29, 0.717) is 5.69 Å². The van der Waals surface area contributed by atoms with Crippen LogP contribution in [0.5, 0.6) is 0 Å². The zero-order valence-electron chi connectivity index (χ0n) is 25.0. The van der Waals surface area contributed by atoms with Crippen LogP contribution >= 0.6 is 0 Å². The van der Waals surface area contributed by atoms with Crippen molar-refractivity contribution in [2.24, 2.45) is 21.4 Å². The highest BCUT2D eigenvalue weighted by molar-refractivity contribution is 6.27. The first kappa shape index (κ1) is 28.9. The maximum absolute atomic E-state index is 14.1. The molecule has 8 rings (SSSR count). The third-order valence-electron chi connectivity index (χ3n) is 9.34. The second kappa shape index (κ2) is 11.3. The van der Waals surface area contributed by atoms with Crippen LogP contribution in [-0.4, -0.2) is 52.1 Å². The molecule has 0 spiro atoms. The van der Waals surface area contributed by atoms with Gasteiger partial charge in [0.25, 0.3) is 17.7 Å². The number of rotatable bonds is 5. The molecule has 3 amide bonds. The monoisotopic (exact) mass is 630 g/mol. The summed E-state index contributed by atoms with van der Waals surface area (Å²) < 4.78 is 27.5. The lowest BCUT2D eigenvalue weighted by atomic mass is 9.77. The van der Waals surface area contributed by atoms with Crippen molar-refractivity contribution in [1.82, 2.24) is 10.0 Å². The molecule has 4 atom stereocenters. The minimum absolute atomic E-state index is 0.158. The summed E-state index contributed by atoms with van der Waals surface area (Å²) in [6.07, 6.45) is 4.30. The summed E-state index contributed by atoms with van der Waals surface area (Å²) in [4.78, 5) is 42.6. The van der Waals surface area contributed by atoms with Crippen LogP contribution in [0.15, 0.2) is 112 Å². The zero-order valence-corrected chi connectivity index (χ0v) is 25.0. The van der Waals surface area contributed by atoms with Gasteiger partial charge in [0.1, 0.15) is 18.2 Å². The predicted molar refractivity (Wildman–Crippen MR) is 171 cm³/mol. The number of nitrogens with zero attached hydrogens (tertiary/aromatic N) is 6. The molecule has 1 saturated heterocycles. The van der Waals surface area contributed by atoms with E-state index in [0.717, 1.165) is 57.3 Å². The third-order valence-corrected chi connectivity index (χ3v) is 9.34. The van der Waals surface area contributed by atoms with E-state index in [1.807, 2.05) is 36.4 Å². The summed E-state index contributed by atoms with van der Waals surface area (Å²) in [5, 5.41) is 17.4. The average Bonchev–Trinajstić information content (AvgIpc) is 3.75. The van der Waals surface area contributed by atoms with Crippen molar-refractivity contribution in [1.29, 1.82) is 0 Å². The predicted octanol–water partition coefficient (Wildman–Crippen LogP) is 6.23. The van der Waals surface area contributed by atoms with Gasteiger partial charge in [-0.2, -0.15) is 10.2 Å². The number of benzene rings is 4. The van der Waals surface area contributed by atoms with Crippen LogP contribution in [-0.2, 0) is 14.4 Å². The van der Waals surface area contributed by atoms with E-state index < -0.39 is 41.7 Å². The summed E-state index contributed by atoms with van der Waals surface area (Å²) in [7, 11) is 0. The van der Waals surface area contributed by atoms with Gasteiger partial charge in [-0.1, -0.05) is 65.9 Å². The van der Waals surface area contributed by atoms with Gasteiger partial charge < -0.3 is 0 Å². The van der Waals surface area contributed by atoms with Crippen molar-refractivity contribution in [3.8, 4) is 0 Å². The first-order valence-electron chi connectivity index (χ1n) is 15.5. The maximum Gasteiger partial charge on any atom is 0.264 e. The van der Waals surface area contributed by atoms with E-state index in [-0.39, 0.29) is 18.3 Å². The second-order valence-electron chi connectivity index (χ2n) is 12.1. The van der Waals surface area contributed by atoms with Gasteiger partial charge in [-0.3, -0.25) is 19.4 Å². The molecule has 9 nitrogen and oxygen atoms in total. The summed E-state index contributed by atoms with van der Waals surface area (Å²) in [5.74, 6) is -2.32. The van der Waals surface area contributed by atoms with E-state index in [1.165, 1.54) is 34.3 Å². The molecule has 1 saturated carbocycles. The lowest BCUT2D eigenvalue weighted by molar-refractivity contribution is -0.136. The van der Waals surface area contributed by atoms with Gasteiger partial charge in [0.2, 0.25) is 0 Å². The molecule has 1 aliphatic carbocycles. The Kier molecular flexibility index (Phi) is 6.96. The Morgan fingerprint density at radius 1 is 0.851 bits per heavy atom. The van der Waals surface area contributed by atoms with Gasteiger partial charge in [-0.05, 0) is 77.8 Å². The first-order valence-corrected chi connectivity index (χ1v) is 15.5. The number of amides is 3. The third kappa shape index (κ3) is 4.89. The molecular weight excluding hydrogens is 602 g/mol. The van der Waals surface area contributed by atoms with Gasteiger partial charge in [0.05, 0.1) is 17.4 Å². The van der Waals surface area contributed by atoms with Gasteiger partial charge >= 0.3 is 0 Å². The molecular formula is C36H28F2N6O3. The second-order valence-corrected chi connectivity index (χ2v) is 12.1. The highest BCUT2D eigenvalue weighted by atomic mass is 19.1. The Morgan fingerprint density at radius 3 is 2.36 bits per heavy atom. The maximum atomic E-state index is 14.1. The number of carbonyl (C=O) groups excluding carboxylic acids is 3. The van der Waals surface area contributed by atoms with Gasteiger partial charge in [0.15, 0.2) is 12.1 Å². The molecule has 11 heteroatoms. The minimum Gasteiger partial charge on any atom is -0.271 e. The lowest BCUT2D eigenvalue weighted by Crippen LogP contribution is -2.45. The van der Waals surface area contributed by atoms with Gasteiger partial charge in [-0.25, -0.2) is 18.7 Å². The fraction of sp³-hybridized carbons (Fsp3) is 0.222. The Balaban J connectivity index is 1.10. The Bertz CT molecular complexity index is 2020. The van der Waals surface area contributed by atoms with E-state index in [2.05, 4.69) is 10.3 Å². The zero-order chi connectivity index (χ0) is 32.2. The number of hydrogen-bond donors (Lipinski definition) is 0. The van der Waals surface area contributed by atoms with E-state index in [9.17, 15) is 23.2 Å². The molecule has 0 bridgehead atoms. The van der Waals surface area contributed by atoms with Crippen LogP contribution in [0.25, 0.3) is 16.8 Å². The van der Waals surface area contributed by atoms with Crippen molar-refractivity contribution >= 4 is 46.0 Å². The smallest absolute Gasteiger partial charge is 0.264 e. The minimum atomic E-state index is -1.07. The summed E-state index contributed by atoms with van der Waals surface area (Å²) >= 11 is 0. The molecule has 0 N–H and O–H groups in total. The van der Waals surface area contributed by atoms with Crippen LogP contribution in [0.4, 0.5) is 14.5 Å². The molecule has 4 unspecified atom stereocenters. The molecule has 4 aromatic carbocycles. The molecule has 0 radical (unpaired) electrons. The molecule has 4 aromatic rings. The molecule has 47 heavy (non-hydrogen) atoms. The van der Waals surface area contributed by atoms with Crippen LogP contribution in [0, 0.1) is 17.6 Å². The summed E-state index contributed by atoms with van der Waals surface area (Å²) in [5.41, 5.74) is 3.69. The fourth-order valence-electron chi connectivity index (χ4n) is 7.17. The van der Waals surface area contributed by atoms with Gasteiger partial charge in [-0.15, -0.1) is 0 Å². The van der Waals surface area contributed by atoms with Crippen LogP contribution < -0.4 is 4.90 Å². The van der Waals surface area contributed by atoms with E-state index >= 15 is 0 Å². The Labute approximate surface area is 268 Å². The van der Waals surface area contributed by atoms with Crippen molar-refractivity contribution in [3.63, 3.8) is 0 Å². The number of imide groups is 1. The highest BCUT2D eigenvalue weighted by Gasteiger charge is 2.56. The quantitative estimate of drug-likeness (QED) is 0.244. The SMILES string of the molecule is O=C1C2N=NN(CC(=O)N3N=C4/C(=C\c5ccc(F)cc5)CCCC4C3c3ccc(F)cc3)C2C(=O)N1c1cccc2ccccc12. The van der Waals surface area contributed by atoms with E-state index in [4.69, 9.17) is 5.10 Å². The molecule has 3 heterocycles. The summed E-state index contributed by atoms with van der Waals surface area (Å²) in [6, 6.07) is 22.5. The number of allylic oxidation sites excluding steroid dienone is 1. The molecule has 3 aliphatic heterocycles. The van der Waals surface area contributed by atoms with Crippen LogP contribution in [0.2, 0.25) is 0 Å². The molecule has 2 fully saturated rings. The van der Waals surface area contributed by atoms with Crippen molar-refractivity contribution < 1.29 is 23.2 Å². The number of hydrogen-bond acceptors (Lipinski definition) is 7. The van der Waals surface area contributed by atoms with Crippen molar-refractivity contribution in [2.45, 2.75) is 37.4 Å². The highest BCUT2D eigenvalue weighted by Crippen LogP contribution is 2.45. The number of carbonyl (C=O) groups is 3. The molecule has 0 aromatic heterocycles. The Morgan fingerprint density at radius 2 is 1.57 bits per heavy atom. The summed E-state index contributed by atoms with van der Waals surface area (Å²) in [6.45, 7) is -0.342. The number of hydrazone groups is 1. The standard InChI is InChI=1S/C36H28F2N6O3/c37-25-15-11-21(12-16-25)19-24-7-3-9-28-31(24)40-44(33(28)23-13-17-26(38)18-14-23)30(45)20-42-34-32(39-41-42)35(46)43(36(34)47)29-10-4-6-22-5-1-2-8-27(22)29/h1-2,4-6,8,10-19,28,32-34H,3,7,9,20H2/b24-19-. The van der Waals surface area contributed by atoms with Crippen LogP contribution in [0.3, 0.4) is 0 Å². The topological polar surface area (TPSA) is 98.0 Å². The Hall–Kier alpha value is -5.58. The number of fused-ring (bicyclic) bond motifs is 3. The van der Waals surface area contributed by atoms with Gasteiger partial charge in [0, 0.05) is 11.3 Å². The van der Waals surface area contributed by atoms with E-state index in [1.54, 1.807) is 36.4 Å². The molecule has 4 aliphatic rings. The fourth-order valence-corrected chi connectivity index (χ4v) is 7.17.